The van der Waals surface area contributed by atoms with Crippen LogP contribution < -0.4 is 5.32 Å². The minimum atomic E-state index is -0.927. The van der Waals surface area contributed by atoms with E-state index in [4.69, 9.17) is 0 Å². The Morgan fingerprint density at radius 2 is 1.07 bits per heavy atom. The summed E-state index contributed by atoms with van der Waals surface area (Å²) < 4.78 is 0. The molecule has 4 atom stereocenters. The van der Waals surface area contributed by atoms with E-state index in [1.54, 1.807) is 18.2 Å². The molecule has 0 bridgehead atoms. The van der Waals surface area contributed by atoms with E-state index in [1.165, 1.54) is 77.0 Å². The van der Waals surface area contributed by atoms with Gasteiger partial charge in [-0.05, 0) is 38.5 Å². The average molecular weight is 646 g/mol. The summed E-state index contributed by atoms with van der Waals surface area (Å²) in [6.07, 6.45) is 40.8. The number of unbranched alkanes of at least 4 members (excludes halogenated alkanes) is 15. The first kappa shape index (κ1) is 44.0. The quantitative estimate of drug-likeness (QED) is 0.0285. The van der Waals surface area contributed by atoms with Gasteiger partial charge >= 0.3 is 0 Å². The highest BCUT2D eigenvalue weighted by Gasteiger charge is 2.18. The van der Waals surface area contributed by atoms with Crippen molar-refractivity contribution in [1.82, 2.24) is 5.32 Å². The van der Waals surface area contributed by atoms with Gasteiger partial charge in [0.05, 0.1) is 31.0 Å². The standard InChI is InChI=1S/C40H71NO5/c1-3-5-7-8-9-10-11-12-13-14-15-16-20-23-27-33-39(45)38(35-42)41-40(46)34-28-32-37(44)31-26-22-19-17-18-21-25-30-36(43)29-24-6-4-2/h18-19,21-22,25-27,30-31,33,36-39,42-45H,3-17,20,23-24,28-29,32,34-35H2,1-2H3,(H,41,46)/b21-18-,22-19-,30-25+,31-26+,33-27+/t36-,37-,38+,39-/m1/s1. The Labute approximate surface area is 282 Å². The zero-order valence-electron chi connectivity index (χ0n) is 29.5. The van der Waals surface area contributed by atoms with Crippen LogP contribution in [0.2, 0.25) is 0 Å². The van der Waals surface area contributed by atoms with Crippen LogP contribution >= 0.6 is 0 Å². The highest BCUT2D eigenvalue weighted by Crippen LogP contribution is 2.13. The SMILES string of the molecule is CCCCCCCCCCCCCCC/C=C/[C@@H](O)[C@H](CO)NC(=O)CCC[C@H](O)/C=C/C=C\C/C=C\C=C\[C@H](O)CCCCC. The third-order valence-electron chi connectivity index (χ3n) is 8.20. The van der Waals surface area contributed by atoms with Crippen LogP contribution in [0.4, 0.5) is 0 Å². The molecule has 0 heterocycles. The topological polar surface area (TPSA) is 110 Å². The molecule has 0 rings (SSSR count). The molecule has 0 saturated heterocycles. The molecule has 0 aromatic carbocycles. The third-order valence-corrected chi connectivity index (χ3v) is 8.20. The fourth-order valence-electron chi connectivity index (χ4n) is 5.21. The maximum atomic E-state index is 12.3. The summed E-state index contributed by atoms with van der Waals surface area (Å²) in [5, 5.41) is 42.8. The van der Waals surface area contributed by atoms with E-state index in [0.29, 0.717) is 12.8 Å². The molecular formula is C40H71NO5. The van der Waals surface area contributed by atoms with Gasteiger partial charge in [-0.2, -0.15) is 0 Å². The van der Waals surface area contributed by atoms with Crippen LogP contribution in [0.1, 0.15) is 155 Å². The molecule has 6 nitrogen and oxygen atoms in total. The summed E-state index contributed by atoms with van der Waals surface area (Å²) in [5.41, 5.74) is 0. The number of carbonyl (C=O) groups is 1. The Balaban J connectivity index is 3.93. The smallest absolute Gasteiger partial charge is 0.220 e. The number of nitrogens with one attached hydrogen (secondary N) is 1. The van der Waals surface area contributed by atoms with E-state index in [9.17, 15) is 25.2 Å². The van der Waals surface area contributed by atoms with Gasteiger partial charge in [-0.3, -0.25) is 4.79 Å². The van der Waals surface area contributed by atoms with Gasteiger partial charge in [-0.15, -0.1) is 0 Å². The minimum absolute atomic E-state index is 0.220. The Hall–Kier alpha value is -1.99. The summed E-state index contributed by atoms with van der Waals surface area (Å²) >= 11 is 0. The van der Waals surface area contributed by atoms with Gasteiger partial charge in [-0.1, -0.05) is 171 Å². The number of aliphatic hydroxyl groups is 4. The van der Waals surface area contributed by atoms with E-state index in [-0.39, 0.29) is 25.0 Å². The lowest BCUT2D eigenvalue weighted by Crippen LogP contribution is -2.45. The highest BCUT2D eigenvalue weighted by molar-refractivity contribution is 5.76. The maximum Gasteiger partial charge on any atom is 0.220 e. The number of rotatable bonds is 32. The van der Waals surface area contributed by atoms with Gasteiger partial charge in [0.25, 0.3) is 0 Å². The molecule has 0 aliphatic rings. The second kappa shape index (κ2) is 34.3. The maximum absolute atomic E-state index is 12.3. The zero-order valence-corrected chi connectivity index (χ0v) is 29.5. The molecule has 0 unspecified atom stereocenters. The average Bonchev–Trinajstić information content (AvgIpc) is 3.04. The van der Waals surface area contributed by atoms with Crippen LogP contribution in [0.25, 0.3) is 0 Å². The normalized spacial score (nSPS) is 15.2. The fraction of sp³-hybridized carbons (Fsp3) is 0.725. The van der Waals surface area contributed by atoms with E-state index in [2.05, 4.69) is 19.2 Å². The zero-order chi connectivity index (χ0) is 33.9. The first-order valence-electron chi connectivity index (χ1n) is 18.7. The van der Waals surface area contributed by atoms with E-state index < -0.39 is 18.2 Å². The van der Waals surface area contributed by atoms with Crippen LogP contribution in [-0.4, -0.2) is 57.3 Å². The van der Waals surface area contributed by atoms with Crippen LogP contribution in [0, 0.1) is 0 Å². The molecule has 5 N–H and O–H groups in total. The molecule has 0 aliphatic heterocycles. The van der Waals surface area contributed by atoms with Crippen molar-refractivity contribution in [2.75, 3.05) is 6.61 Å². The lowest BCUT2D eigenvalue weighted by molar-refractivity contribution is -0.123. The molecule has 266 valence electrons. The number of hydrogen-bond donors (Lipinski definition) is 5. The van der Waals surface area contributed by atoms with Gasteiger partial charge in [0.1, 0.15) is 0 Å². The number of amides is 1. The largest absolute Gasteiger partial charge is 0.394 e. The summed E-state index contributed by atoms with van der Waals surface area (Å²) in [6, 6.07) is -0.731. The van der Waals surface area contributed by atoms with Crippen molar-refractivity contribution in [2.24, 2.45) is 0 Å². The Morgan fingerprint density at radius 3 is 1.59 bits per heavy atom. The summed E-state index contributed by atoms with van der Waals surface area (Å²) in [5.74, 6) is -0.242. The van der Waals surface area contributed by atoms with E-state index >= 15 is 0 Å². The molecule has 0 radical (unpaired) electrons. The van der Waals surface area contributed by atoms with Gasteiger partial charge in [-0.25, -0.2) is 0 Å². The third kappa shape index (κ3) is 30.7. The molecule has 0 spiro atoms. The number of carbonyl (C=O) groups excluding carboxylic acids is 1. The first-order valence-corrected chi connectivity index (χ1v) is 18.7. The molecule has 46 heavy (non-hydrogen) atoms. The van der Waals surface area contributed by atoms with Crippen LogP contribution in [-0.2, 0) is 4.79 Å². The molecule has 0 aliphatic carbocycles. The molecule has 6 heteroatoms. The van der Waals surface area contributed by atoms with Gasteiger partial charge in [0.15, 0.2) is 0 Å². The van der Waals surface area contributed by atoms with Crippen molar-refractivity contribution < 1.29 is 25.2 Å². The molecular weight excluding hydrogens is 574 g/mol. The Kier molecular flexibility index (Phi) is 32.9. The summed E-state index contributed by atoms with van der Waals surface area (Å²) in [7, 11) is 0. The number of hydrogen-bond acceptors (Lipinski definition) is 5. The predicted octanol–water partition coefficient (Wildman–Crippen LogP) is 8.95. The summed E-state index contributed by atoms with van der Waals surface area (Å²) in [6.45, 7) is 4.08. The summed E-state index contributed by atoms with van der Waals surface area (Å²) in [4.78, 5) is 12.3. The number of aliphatic hydroxyl groups excluding tert-OH is 4. The van der Waals surface area contributed by atoms with Crippen molar-refractivity contribution >= 4 is 5.91 Å². The molecule has 0 saturated carbocycles. The predicted molar refractivity (Wildman–Crippen MR) is 196 cm³/mol. The van der Waals surface area contributed by atoms with Gasteiger partial charge < -0.3 is 25.7 Å². The van der Waals surface area contributed by atoms with E-state index in [1.807, 2.05) is 42.5 Å². The second-order valence-electron chi connectivity index (χ2n) is 12.7. The Morgan fingerprint density at radius 1 is 0.587 bits per heavy atom. The first-order chi connectivity index (χ1) is 22.4. The van der Waals surface area contributed by atoms with Crippen LogP contribution in [0.15, 0.2) is 60.8 Å². The van der Waals surface area contributed by atoms with Crippen LogP contribution in [0.3, 0.4) is 0 Å². The lowest BCUT2D eigenvalue weighted by atomic mass is 10.0. The molecule has 1 amide bonds. The Bertz CT molecular complexity index is 818. The minimum Gasteiger partial charge on any atom is -0.394 e. The highest BCUT2D eigenvalue weighted by atomic mass is 16.3. The molecule has 0 aromatic heterocycles. The van der Waals surface area contributed by atoms with Gasteiger partial charge in [0, 0.05) is 6.42 Å². The van der Waals surface area contributed by atoms with Crippen molar-refractivity contribution in [1.29, 1.82) is 0 Å². The lowest BCUT2D eigenvalue weighted by Gasteiger charge is -2.20. The van der Waals surface area contributed by atoms with E-state index in [0.717, 1.165) is 44.9 Å². The van der Waals surface area contributed by atoms with Crippen LogP contribution in [0.5, 0.6) is 0 Å². The molecule has 0 aromatic rings. The van der Waals surface area contributed by atoms with Gasteiger partial charge in [0.2, 0.25) is 5.91 Å². The fourth-order valence-corrected chi connectivity index (χ4v) is 5.21. The monoisotopic (exact) mass is 646 g/mol. The van der Waals surface area contributed by atoms with Crippen molar-refractivity contribution in [2.45, 2.75) is 179 Å². The second-order valence-corrected chi connectivity index (χ2v) is 12.7. The number of allylic oxidation sites excluding steroid dienone is 7. The molecule has 0 fully saturated rings. The van der Waals surface area contributed by atoms with Crippen molar-refractivity contribution in [3.63, 3.8) is 0 Å². The van der Waals surface area contributed by atoms with Crippen molar-refractivity contribution in [3.8, 4) is 0 Å². The van der Waals surface area contributed by atoms with Crippen molar-refractivity contribution in [3.05, 3.63) is 60.8 Å².